The molecular formula is C21H28N2O2. The third kappa shape index (κ3) is 6.59. The number of carbonyl (C=O) groups excluding carboxylic acids is 1. The van der Waals surface area contributed by atoms with Crippen LogP contribution >= 0.6 is 0 Å². The third-order valence-corrected chi connectivity index (χ3v) is 4.06. The molecule has 4 nitrogen and oxygen atoms in total. The van der Waals surface area contributed by atoms with Gasteiger partial charge in [-0.2, -0.15) is 0 Å². The molecule has 0 aliphatic carbocycles. The highest BCUT2D eigenvalue weighted by Crippen LogP contribution is 2.14. The number of aryl methyl sites for hydroxylation is 1. The molecule has 0 spiro atoms. The van der Waals surface area contributed by atoms with E-state index in [9.17, 15) is 4.79 Å². The number of hydrogen-bond donors (Lipinski definition) is 1. The van der Waals surface area contributed by atoms with Crippen LogP contribution in [-0.4, -0.2) is 30.5 Å². The molecular weight excluding hydrogens is 312 g/mol. The number of benzene rings is 2. The molecule has 134 valence electrons. The van der Waals surface area contributed by atoms with E-state index in [1.807, 2.05) is 54.3 Å². The number of nitrogens with two attached hydrogens (primary N) is 1. The third-order valence-electron chi connectivity index (χ3n) is 4.06. The van der Waals surface area contributed by atoms with Crippen LogP contribution in [0.3, 0.4) is 0 Å². The van der Waals surface area contributed by atoms with Crippen LogP contribution in [0.2, 0.25) is 0 Å². The number of nitrogens with zero attached hydrogens (tertiary/aromatic N) is 1. The van der Waals surface area contributed by atoms with Gasteiger partial charge in [0.15, 0.2) is 0 Å². The molecule has 0 aliphatic heterocycles. The molecule has 0 atom stereocenters. The van der Waals surface area contributed by atoms with Crippen LogP contribution in [0.25, 0.3) is 0 Å². The first kappa shape index (κ1) is 19.0. The second kappa shape index (κ2) is 10.5. The minimum atomic E-state index is 0.172. The first-order chi connectivity index (χ1) is 12.2. The Labute approximate surface area is 150 Å². The zero-order valence-electron chi connectivity index (χ0n) is 15.0. The first-order valence-electron chi connectivity index (χ1n) is 8.96. The van der Waals surface area contributed by atoms with E-state index in [-0.39, 0.29) is 5.91 Å². The number of rotatable bonds is 10. The summed E-state index contributed by atoms with van der Waals surface area (Å²) in [6, 6.07) is 18.1. The van der Waals surface area contributed by atoms with Gasteiger partial charge in [-0.25, -0.2) is 0 Å². The number of carbonyl (C=O) groups is 1. The van der Waals surface area contributed by atoms with Crippen molar-refractivity contribution < 1.29 is 9.53 Å². The lowest BCUT2D eigenvalue weighted by molar-refractivity contribution is -0.131. The van der Waals surface area contributed by atoms with E-state index in [1.54, 1.807) is 0 Å². The molecule has 1 amide bonds. The largest absolute Gasteiger partial charge is 0.494 e. The summed E-state index contributed by atoms with van der Waals surface area (Å²) in [7, 11) is 0. The Kier molecular flexibility index (Phi) is 7.99. The van der Waals surface area contributed by atoms with Crippen molar-refractivity contribution in [2.75, 3.05) is 19.7 Å². The second-order valence-electron chi connectivity index (χ2n) is 6.02. The van der Waals surface area contributed by atoms with E-state index in [0.717, 1.165) is 29.7 Å². The van der Waals surface area contributed by atoms with Crippen LogP contribution in [0, 0.1) is 0 Å². The van der Waals surface area contributed by atoms with Gasteiger partial charge in [0.1, 0.15) is 5.75 Å². The lowest BCUT2D eigenvalue weighted by Crippen LogP contribution is -2.32. The molecule has 0 saturated heterocycles. The van der Waals surface area contributed by atoms with Gasteiger partial charge in [-0.3, -0.25) is 4.79 Å². The average molecular weight is 340 g/mol. The normalized spacial score (nSPS) is 10.5. The maximum Gasteiger partial charge on any atom is 0.223 e. The molecule has 2 aromatic carbocycles. The van der Waals surface area contributed by atoms with Crippen molar-refractivity contribution in [2.45, 2.75) is 32.7 Å². The second-order valence-corrected chi connectivity index (χ2v) is 6.02. The van der Waals surface area contributed by atoms with Gasteiger partial charge in [0.25, 0.3) is 0 Å². The van der Waals surface area contributed by atoms with E-state index in [0.29, 0.717) is 32.7 Å². The highest BCUT2D eigenvalue weighted by atomic mass is 16.5. The Bertz CT molecular complexity index is 626. The predicted octanol–water partition coefficient (Wildman–Crippen LogP) is 3.40. The molecule has 0 radical (unpaired) electrons. The fourth-order valence-electron chi connectivity index (χ4n) is 2.71. The smallest absolute Gasteiger partial charge is 0.223 e. The van der Waals surface area contributed by atoms with Gasteiger partial charge in [0.2, 0.25) is 5.91 Å². The summed E-state index contributed by atoms with van der Waals surface area (Å²) in [5.41, 5.74) is 7.92. The van der Waals surface area contributed by atoms with Crippen LogP contribution in [0.4, 0.5) is 0 Å². The molecule has 0 heterocycles. The minimum Gasteiger partial charge on any atom is -0.494 e. The Morgan fingerprint density at radius 3 is 2.40 bits per heavy atom. The Morgan fingerprint density at radius 1 is 1.04 bits per heavy atom. The molecule has 0 unspecified atom stereocenters. The van der Waals surface area contributed by atoms with Crippen molar-refractivity contribution in [1.82, 2.24) is 4.90 Å². The van der Waals surface area contributed by atoms with Crippen LogP contribution in [-0.2, 0) is 17.8 Å². The van der Waals surface area contributed by atoms with Crippen molar-refractivity contribution in [2.24, 2.45) is 5.73 Å². The SMILES string of the molecule is CCOc1ccc(CCC(=O)N(CCCN)Cc2ccccc2)cc1. The molecule has 2 N–H and O–H groups in total. The summed E-state index contributed by atoms with van der Waals surface area (Å²) >= 11 is 0. The van der Waals surface area contributed by atoms with Crippen LogP contribution in [0.5, 0.6) is 5.75 Å². The molecule has 0 aromatic heterocycles. The number of amides is 1. The molecule has 0 bridgehead atoms. The van der Waals surface area contributed by atoms with Gasteiger partial charge in [0.05, 0.1) is 6.61 Å². The van der Waals surface area contributed by atoms with Gasteiger partial charge in [-0.05, 0) is 49.6 Å². The van der Waals surface area contributed by atoms with Crippen molar-refractivity contribution in [1.29, 1.82) is 0 Å². The molecule has 0 aliphatic rings. The van der Waals surface area contributed by atoms with Gasteiger partial charge >= 0.3 is 0 Å². The summed E-state index contributed by atoms with van der Waals surface area (Å²) < 4.78 is 5.45. The lowest BCUT2D eigenvalue weighted by atomic mass is 10.1. The minimum absolute atomic E-state index is 0.172. The zero-order valence-corrected chi connectivity index (χ0v) is 15.0. The molecule has 4 heteroatoms. The fraction of sp³-hybridized carbons (Fsp3) is 0.381. The maximum absolute atomic E-state index is 12.7. The van der Waals surface area contributed by atoms with E-state index in [1.165, 1.54) is 0 Å². The highest BCUT2D eigenvalue weighted by molar-refractivity contribution is 5.76. The molecule has 0 saturated carbocycles. The highest BCUT2D eigenvalue weighted by Gasteiger charge is 2.13. The number of ether oxygens (including phenoxy) is 1. The predicted molar refractivity (Wildman–Crippen MR) is 101 cm³/mol. The van der Waals surface area contributed by atoms with Gasteiger partial charge in [-0.15, -0.1) is 0 Å². The summed E-state index contributed by atoms with van der Waals surface area (Å²) in [6.07, 6.45) is 2.06. The topological polar surface area (TPSA) is 55.6 Å². The monoisotopic (exact) mass is 340 g/mol. The van der Waals surface area contributed by atoms with Crippen LogP contribution in [0.15, 0.2) is 54.6 Å². The van der Waals surface area contributed by atoms with E-state index >= 15 is 0 Å². The molecule has 25 heavy (non-hydrogen) atoms. The van der Waals surface area contributed by atoms with E-state index in [2.05, 4.69) is 12.1 Å². The molecule has 0 fully saturated rings. The number of hydrogen-bond acceptors (Lipinski definition) is 3. The van der Waals surface area contributed by atoms with Crippen LogP contribution in [0.1, 0.15) is 30.9 Å². The first-order valence-corrected chi connectivity index (χ1v) is 8.96. The standard InChI is InChI=1S/C21H28N2O2/c1-2-25-20-12-9-18(10-13-20)11-14-21(24)23(16-6-15-22)17-19-7-4-3-5-8-19/h3-5,7-10,12-13H,2,6,11,14-17,22H2,1H3. The average Bonchev–Trinajstić information content (AvgIpc) is 2.65. The Hall–Kier alpha value is -2.33. The summed E-state index contributed by atoms with van der Waals surface area (Å²) in [4.78, 5) is 14.6. The maximum atomic E-state index is 12.7. The summed E-state index contributed by atoms with van der Waals surface area (Å²) in [5, 5.41) is 0. The van der Waals surface area contributed by atoms with Crippen molar-refractivity contribution in [3.63, 3.8) is 0 Å². The van der Waals surface area contributed by atoms with Gasteiger partial charge < -0.3 is 15.4 Å². The summed E-state index contributed by atoms with van der Waals surface area (Å²) in [5.74, 6) is 1.04. The van der Waals surface area contributed by atoms with E-state index in [4.69, 9.17) is 10.5 Å². The zero-order chi connectivity index (χ0) is 17.9. The van der Waals surface area contributed by atoms with Crippen molar-refractivity contribution in [3.05, 3.63) is 65.7 Å². The van der Waals surface area contributed by atoms with Crippen LogP contribution < -0.4 is 10.5 Å². The molecule has 2 rings (SSSR count). The quantitative estimate of drug-likeness (QED) is 0.721. The van der Waals surface area contributed by atoms with Crippen molar-refractivity contribution in [3.8, 4) is 5.75 Å². The molecule has 2 aromatic rings. The Morgan fingerprint density at radius 2 is 1.76 bits per heavy atom. The lowest BCUT2D eigenvalue weighted by Gasteiger charge is -2.23. The van der Waals surface area contributed by atoms with Crippen molar-refractivity contribution >= 4 is 5.91 Å². The van der Waals surface area contributed by atoms with Gasteiger partial charge in [-0.1, -0.05) is 42.5 Å². The Balaban J connectivity index is 1.91. The summed E-state index contributed by atoms with van der Waals surface area (Å²) in [6.45, 7) is 4.57. The van der Waals surface area contributed by atoms with E-state index < -0.39 is 0 Å². The fourth-order valence-corrected chi connectivity index (χ4v) is 2.71. The van der Waals surface area contributed by atoms with Gasteiger partial charge in [0, 0.05) is 19.5 Å².